The molecule has 0 saturated carbocycles. The van der Waals surface area contributed by atoms with Crippen LogP contribution in [0.2, 0.25) is 0 Å². The van der Waals surface area contributed by atoms with Crippen LogP contribution in [0.5, 0.6) is 0 Å². The zero-order valence-electron chi connectivity index (χ0n) is 7.00. The van der Waals surface area contributed by atoms with Gasteiger partial charge in [0.15, 0.2) is 0 Å². The maximum Gasteiger partial charge on any atom is 0.313 e. The molecular formula is C6H17NO3. The van der Waals surface area contributed by atoms with Crippen LogP contribution in [0.4, 0.5) is 0 Å². The van der Waals surface area contributed by atoms with Crippen LogP contribution in [-0.2, 0) is 0 Å². The minimum absolute atomic E-state index is 0. The van der Waals surface area contributed by atoms with Crippen LogP contribution in [0, 0.1) is 0 Å². The summed E-state index contributed by atoms with van der Waals surface area (Å²) in [6.07, 6.45) is 0.344. The van der Waals surface area contributed by atoms with E-state index in [2.05, 4.69) is 0 Å². The van der Waals surface area contributed by atoms with Crippen molar-refractivity contribution < 1.29 is 20.2 Å². The van der Waals surface area contributed by atoms with Crippen LogP contribution in [0.15, 0.2) is 0 Å². The van der Waals surface area contributed by atoms with Gasteiger partial charge in [0.05, 0.1) is 27.6 Å². The van der Waals surface area contributed by atoms with Gasteiger partial charge in [-0.05, 0) is 0 Å². The summed E-state index contributed by atoms with van der Waals surface area (Å²) in [6, 6.07) is 0. The van der Waals surface area contributed by atoms with E-state index in [1.54, 1.807) is 28.1 Å². The number of hydrogen-bond donors (Lipinski definition) is 2. The first-order chi connectivity index (χ1) is 3.81. The van der Waals surface area contributed by atoms with Crippen LogP contribution >= 0.6 is 0 Å². The second kappa shape index (κ2) is 3.30. The van der Waals surface area contributed by atoms with Crippen molar-refractivity contribution in [2.45, 2.75) is 19.3 Å². The molecule has 0 heterocycles. The van der Waals surface area contributed by atoms with Crippen molar-refractivity contribution in [1.29, 1.82) is 0 Å². The van der Waals surface area contributed by atoms with Crippen LogP contribution < -0.4 is 0 Å². The fraction of sp³-hybridized carbons (Fsp3) is 1.00. The number of quaternary nitrogens is 1. The molecule has 0 aromatic carbocycles. The monoisotopic (exact) mass is 151 g/mol. The van der Waals surface area contributed by atoms with E-state index in [4.69, 9.17) is 0 Å². The lowest BCUT2D eigenvalue weighted by Crippen LogP contribution is -2.56. The van der Waals surface area contributed by atoms with Gasteiger partial charge in [-0.2, -0.15) is 0 Å². The van der Waals surface area contributed by atoms with Crippen molar-refractivity contribution in [3.63, 3.8) is 0 Å². The lowest BCUT2D eigenvalue weighted by Gasteiger charge is -2.36. The molecule has 0 rings (SSSR count). The van der Waals surface area contributed by atoms with E-state index in [1.807, 2.05) is 0 Å². The summed E-state index contributed by atoms with van der Waals surface area (Å²) < 4.78 is 0.156. The summed E-state index contributed by atoms with van der Waals surface area (Å²) in [5.74, 6) is -1.58. The number of aliphatic hydroxyl groups is 2. The summed E-state index contributed by atoms with van der Waals surface area (Å²) in [5.41, 5.74) is 0. The molecule has 64 valence electrons. The van der Waals surface area contributed by atoms with Crippen molar-refractivity contribution in [2.75, 3.05) is 21.1 Å². The number of nitrogens with zero attached hydrogens (tertiary/aromatic N) is 1. The molecule has 0 bridgehead atoms. The summed E-state index contributed by atoms with van der Waals surface area (Å²) in [4.78, 5) is 0. The molecule has 0 aromatic heterocycles. The second-order valence-electron chi connectivity index (χ2n) is 3.14. The molecule has 4 heteroatoms. The maximum absolute atomic E-state index is 9.19. The van der Waals surface area contributed by atoms with Gasteiger partial charge in [-0.15, -0.1) is 0 Å². The predicted octanol–water partition coefficient (Wildman–Crippen LogP) is -0.436. The highest BCUT2D eigenvalue weighted by molar-refractivity contribution is 4.43. The van der Waals surface area contributed by atoms with Gasteiger partial charge in [0, 0.05) is 0 Å². The topological polar surface area (TPSA) is 70.5 Å². The molecular weight excluding hydrogens is 134 g/mol. The third-order valence-corrected chi connectivity index (χ3v) is 1.55. The highest BCUT2D eigenvalue weighted by atomic mass is 16.5. The zero-order chi connectivity index (χ0) is 7.71. The minimum atomic E-state index is -1.58. The standard InChI is InChI=1S/C6H16NO2.H2O/c1-5-6(8,9)7(2,3)4;/h8-9H,5H2,1-4H3;1H2/q+1;/p-1. The molecule has 0 spiro atoms. The van der Waals surface area contributed by atoms with Crippen molar-refractivity contribution in [2.24, 2.45) is 0 Å². The van der Waals surface area contributed by atoms with E-state index in [9.17, 15) is 10.2 Å². The Morgan fingerprint density at radius 3 is 1.50 bits per heavy atom. The van der Waals surface area contributed by atoms with Gasteiger partial charge in [-0.25, -0.2) is 0 Å². The average molecular weight is 151 g/mol. The van der Waals surface area contributed by atoms with E-state index >= 15 is 0 Å². The van der Waals surface area contributed by atoms with E-state index < -0.39 is 5.91 Å². The lowest BCUT2D eigenvalue weighted by atomic mass is 10.3. The number of rotatable bonds is 2. The van der Waals surface area contributed by atoms with Gasteiger partial charge >= 0.3 is 5.91 Å². The summed E-state index contributed by atoms with van der Waals surface area (Å²) in [6.45, 7) is 1.74. The molecule has 0 aliphatic carbocycles. The van der Waals surface area contributed by atoms with Gasteiger partial charge in [-0.3, -0.25) is 4.48 Å². The smallest absolute Gasteiger partial charge is 0.313 e. The Bertz CT molecular complexity index is 95.7. The van der Waals surface area contributed by atoms with Crippen LogP contribution in [0.25, 0.3) is 0 Å². The predicted molar refractivity (Wildman–Crippen MR) is 37.4 cm³/mol. The summed E-state index contributed by atoms with van der Waals surface area (Å²) in [5, 5.41) is 18.4. The summed E-state index contributed by atoms with van der Waals surface area (Å²) in [7, 11) is 5.22. The van der Waals surface area contributed by atoms with Gasteiger partial charge in [-0.1, -0.05) is 6.92 Å². The van der Waals surface area contributed by atoms with Crippen molar-refractivity contribution in [1.82, 2.24) is 0 Å². The van der Waals surface area contributed by atoms with Crippen molar-refractivity contribution in [3.05, 3.63) is 0 Å². The van der Waals surface area contributed by atoms with Gasteiger partial charge in [0.25, 0.3) is 0 Å². The molecule has 0 saturated heterocycles. The van der Waals surface area contributed by atoms with Crippen LogP contribution in [0.1, 0.15) is 13.3 Å². The molecule has 0 aliphatic rings. The molecule has 0 radical (unpaired) electrons. The molecule has 0 amide bonds. The maximum atomic E-state index is 9.19. The molecule has 0 unspecified atom stereocenters. The second-order valence-corrected chi connectivity index (χ2v) is 3.14. The molecule has 4 nitrogen and oxygen atoms in total. The Kier molecular flexibility index (Phi) is 4.12. The molecule has 0 fully saturated rings. The largest absolute Gasteiger partial charge is 0.870 e. The Morgan fingerprint density at radius 2 is 1.50 bits per heavy atom. The Labute approximate surface area is 61.6 Å². The summed E-state index contributed by atoms with van der Waals surface area (Å²) >= 11 is 0. The third kappa shape index (κ3) is 2.62. The van der Waals surface area contributed by atoms with E-state index in [0.29, 0.717) is 6.42 Å². The SMILES string of the molecule is CCC(O)(O)[N+](C)(C)C.[OH-]. The highest BCUT2D eigenvalue weighted by Crippen LogP contribution is 2.14. The molecule has 0 aliphatic heterocycles. The van der Waals surface area contributed by atoms with Crippen LogP contribution in [0.3, 0.4) is 0 Å². The first-order valence-corrected chi connectivity index (χ1v) is 3.07. The first kappa shape index (κ1) is 12.5. The fourth-order valence-corrected chi connectivity index (χ4v) is 0.474. The molecule has 0 aromatic rings. The van der Waals surface area contributed by atoms with Crippen molar-refractivity contribution in [3.8, 4) is 0 Å². The Balaban J connectivity index is 0. The Morgan fingerprint density at radius 1 is 1.20 bits per heavy atom. The number of hydrogen-bond acceptors (Lipinski definition) is 3. The van der Waals surface area contributed by atoms with E-state index in [-0.39, 0.29) is 9.96 Å². The van der Waals surface area contributed by atoms with Gasteiger partial charge < -0.3 is 15.7 Å². The first-order valence-electron chi connectivity index (χ1n) is 3.07. The van der Waals surface area contributed by atoms with E-state index in [1.165, 1.54) is 0 Å². The zero-order valence-corrected chi connectivity index (χ0v) is 7.00. The van der Waals surface area contributed by atoms with E-state index in [0.717, 1.165) is 0 Å². The fourth-order valence-electron chi connectivity index (χ4n) is 0.474. The molecule has 10 heavy (non-hydrogen) atoms. The van der Waals surface area contributed by atoms with Gasteiger partial charge in [0.1, 0.15) is 0 Å². The lowest BCUT2D eigenvalue weighted by molar-refractivity contribution is -0.979. The highest BCUT2D eigenvalue weighted by Gasteiger charge is 2.36. The minimum Gasteiger partial charge on any atom is -0.870 e. The van der Waals surface area contributed by atoms with Gasteiger partial charge in [0.2, 0.25) is 0 Å². The molecule has 3 N–H and O–H groups in total. The van der Waals surface area contributed by atoms with Crippen molar-refractivity contribution >= 4 is 0 Å². The quantitative estimate of drug-likeness (QED) is 0.415. The Hall–Kier alpha value is -0.160. The van der Waals surface area contributed by atoms with Crippen LogP contribution in [-0.4, -0.2) is 47.2 Å². The average Bonchev–Trinajstić information content (AvgIpc) is 1.64. The normalized spacial score (nSPS) is 12.6. The third-order valence-electron chi connectivity index (χ3n) is 1.55. The molecule has 0 atom stereocenters.